The molecule has 3 rings (SSSR count). The van der Waals surface area contributed by atoms with E-state index < -0.39 is 0 Å². The Morgan fingerprint density at radius 2 is 1.95 bits per heavy atom. The number of fused-ring (bicyclic) bond motifs is 1. The van der Waals surface area contributed by atoms with Gasteiger partial charge in [0.2, 0.25) is 0 Å². The molecule has 0 saturated carbocycles. The van der Waals surface area contributed by atoms with Crippen LogP contribution in [0.15, 0.2) is 47.6 Å². The average Bonchev–Trinajstić information content (AvgIpc) is 2.53. The van der Waals surface area contributed by atoms with E-state index in [1.165, 1.54) is 11.1 Å². The van der Waals surface area contributed by atoms with Crippen molar-refractivity contribution in [1.82, 2.24) is 4.98 Å². The van der Waals surface area contributed by atoms with E-state index in [4.69, 9.17) is 10.9 Å². The molecule has 0 fully saturated rings. The van der Waals surface area contributed by atoms with Crippen molar-refractivity contribution in [2.45, 2.75) is 13.0 Å². The molecule has 2 aromatic rings. The quantitative estimate of drug-likeness (QED) is 0.376. The highest BCUT2D eigenvalue weighted by atomic mass is 16.4. The van der Waals surface area contributed by atoms with E-state index in [1.54, 1.807) is 6.07 Å². The van der Waals surface area contributed by atoms with Crippen molar-refractivity contribution in [3.8, 4) is 0 Å². The third kappa shape index (κ3) is 2.30. The maximum Gasteiger partial charge on any atom is 0.188 e. The number of hydrogen-bond donors (Lipinski definition) is 2. The van der Waals surface area contributed by atoms with Gasteiger partial charge in [-0.2, -0.15) is 0 Å². The fourth-order valence-corrected chi connectivity index (χ4v) is 2.48. The van der Waals surface area contributed by atoms with Crippen molar-refractivity contribution in [3.63, 3.8) is 0 Å². The highest BCUT2D eigenvalue weighted by Crippen LogP contribution is 2.23. The van der Waals surface area contributed by atoms with Crippen molar-refractivity contribution in [3.05, 3.63) is 59.3 Å². The normalized spacial score (nSPS) is 15.0. The summed E-state index contributed by atoms with van der Waals surface area (Å²) >= 11 is 0. The molecule has 1 aromatic carbocycles. The van der Waals surface area contributed by atoms with E-state index in [0.29, 0.717) is 5.69 Å². The van der Waals surface area contributed by atoms with E-state index in [0.717, 1.165) is 25.3 Å². The molecule has 102 valence electrons. The Kier molecular flexibility index (Phi) is 3.25. The zero-order valence-corrected chi connectivity index (χ0v) is 11.0. The fraction of sp³-hybridized carbons (Fsp3) is 0.200. The molecule has 5 heteroatoms. The Morgan fingerprint density at radius 3 is 2.75 bits per heavy atom. The molecule has 20 heavy (non-hydrogen) atoms. The Morgan fingerprint density at radius 1 is 1.15 bits per heavy atom. The topological polar surface area (TPSA) is 74.7 Å². The van der Waals surface area contributed by atoms with Crippen LogP contribution >= 0.6 is 0 Å². The molecular formula is C15H16N4O. The number of anilines is 1. The van der Waals surface area contributed by atoms with E-state index in [9.17, 15) is 0 Å². The number of nitrogens with two attached hydrogens (primary N) is 1. The van der Waals surface area contributed by atoms with Crippen LogP contribution in [0.3, 0.4) is 0 Å². The summed E-state index contributed by atoms with van der Waals surface area (Å²) in [7, 11) is 0. The first kappa shape index (κ1) is 12.5. The molecule has 1 aliphatic rings. The maximum absolute atomic E-state index is 8.73. The molecule has 0 saturated heterocycles. The van der Waals surface area contributed by atoms with Gasteiger partial charge in [0.05, 0.1) is 0 Å². The number of hydrogen-bond acceptors (Lipinski definition) is 4. The van der Waals surface area contributed by atoms with Gasteiger partial charge in [0.15, 0.2) is 5.84 Å². The summed E-state index contributed by atoms with van der Waals surface area (Å²) in [6, 6.07) is 14.0. The highest BCUT2D eigenvalue weighted by molar-refractivity contribution is 5.95. The van der Waals surface area contributed by atoms with Crippen LogP contribution in [0, 0.1) is 0 Å². The molecule has 0 aliphatic carbocycles. The molecule has 5 nitrogen and oxygen atoms in total. The van der Waals surface area contributed by atoms with E-state index in [2.05, 4.69) is 39.3 Å². The predicted molar refractivity (Wildman–Crippen MR) is 77.9 cm³/mol. The van der Waals surface area contributed by atoms with E-state index >= 15 is 0 Å². The zero-order chi connectivity index (χ0) is 13.9. The Balaban J connectivity index is 1.88. The van der Waals surface area contributed by atoms with Crippen LogP contribution in [0.5, 0.6) is 0 Å². The van der Waals surface area contributed by atoms with Crippen LogP contribution in [0.1, 0.15) is 16.8 Å². The Bertz CT molecular complexity index is 654. The Hall–Kier alpha value is -2.56. The highest BCUT2D eigenvalue weighted by Gasteiger charge is 2.17. The SMILES string of the molecule is NC(=NO)c1cccc(N2CCc3ccccc3C2)n1. The second-order valence-electron chi connectivity index (χ2n) is 4.81. The van der Waals surface area contributed by atoms with Crippen LogP contribution in [0.2, 0.25) is 0 Å². The van der Waals surface area contributed by atoms with Crippen molar-refractivity contribution < 1.29 is 5.21 Å². The minimum Gasteiger partial charge on any atom is -0.409 e. The van der Waals surface area contributed by atoms with Crippen molar-refractivity contribution in [2.24, 2.45) is 10.9 Å². The molecular weight excluding hydrogens is 252 g/mol. The van der Waals surface area contributed by atoms with Crippen molar-refractivity contribution >= 4 is 11.7 Å². The second kappa shape index (κ2) is 5.21. The summed E-state index contributed by atoms with van der Waals surface area (Å²) in [6.07, 6.45) is 1.01. The minimum absolute atomic E-state index is 0.0317. The van der Waals surface area contributed by atoms with Gasteiger partial charge in [-0.1, -0.05) is 35.5 Å². The molecule has 1 aliphatic heterocycles. The first-order valence-electron chi connectivity index (χ1n) is 6.54. The van der Waals surface area contributed by atoms with Crippen LogP contribution in [0.25, 0.3) is 0 Å². The number of oxime groups is 1. The summed E-state index contributed by atoms with van der Waals surface area (Å²) in [5, 5.41) is 11.7. The molecule has 3 N–H and O–H groups in total. The zero-order valence-electron chi connectivity index (χ0n) is 11.0. The molecule has 0 bridgehead atoms. The lowest BCUT2D eigenvalue weighted by Gasteiger charge is -2.29. The molecule has 0 spiro atoms. The van der Waals surface area contributed by atoms with Crippen molar-refractivity contribution in [1.29, 1.82) is 0 Å². The largest absolute Gasteiger partial charge is 0.409 e. The molecule has 0 amide bonds. The maximum atomic E-state index is 8.73. The standard InChI is InChI=1S/C15H16N4O/c16-15(18-20)13-6-3-7-14(17-13)19-9-8-11-4-1-2-5-12(11)10-19/h1-7,20H,8-10H2,(H2,16,18). The van der Waals surface area contributed by atoms with Crippen molar-refractivity contribution in [2.75, 3.05) is 11.4 Å². The first-order chi connectivity index (χ1) is 9.78. The van der Waals surface area contributed by atoms with Crippen LogP contribution < -0.4 is 10.6 Å². The van der Waals surface area contributed by atoms with Gasteiger partial charge in [-0.15, -0.1) is 0 Å². The van der Waals surface area contributed by atoms with Crippen LogP contribution in [0.4, 0.5) is 5.82 Å². The van der Waals surface area contributed by atoms with Gasteiger partial charge in [-0.05, 0) is 29.7 Å². The number of pyridine rings is 1. The van der Waals surface area contributed by atoms with E-state index in [-0.39, 0.29) is 5.84 Å². The van der Waals surface area contributed by atoms with Gasteiger partial charge >= 0.3 is 0 Å². The smallest absolute Gasteiger partial charge is 0.188 e. The predicted octanol–water partition coefficient (Wildman–Crippen LogP) is 1.74. The molecule has 1 aromatic heterocycles. The summed E-state index contributed by atoms with van der Waals surface area (Å²) in [5.41, 5.74) is 8.81. The molecule has 0 atom stereocenters. The van der Waals surface area contributed by atoms with Crippen LogP contribution in [-0.2, 0) is 13.0 Å². The number of rotatable bonds is 2. The lowest BCUT2D eigenvalue weighted by molar-refractivity contribution is 0.318. The van der Waals surface area contributed by atoms with Gasteiger partial charge in [0, 0.05) is 13.1 Å². The summed E-state index contributed by atoms with van der Waals surface area (Å²) in [6.45, 7) is 1.76. The second-order valence-corrected chi connectivity index (χ2v) is 4.81. The first-order valence-corrected chi connectivity index (χ1v) is 6.54. The summed E-state index contributed by atoms with van der Waals surface area (Å²) < 4.78 is 0. The monoisotopic (exact) mass is 268 g/mol. The number of amidine groups is 1. The molecule has 2 heterocycles. The lowest BCUT2D eigenvalue weighted by Crippen LogP contribution is -2.31. The van der Waals surface area contributed by atoms with Gasteiger partial charge < -0.3 is 15.8 Å². The summed E-state index contributed by atoms with van der Waals surface area (Å²) in [4.78, 5) is 6.66. The van der Waals surface area contributed by atoms with Crippen LogP contribution in [-0.4, -0.2) is 22.6 Å². The molecule has 0 unspecified atom stereocenters. The third-order valence-corrected chi connectivity index (χ3v) is 3.56. The van der Waals surface area contributed by atoms with Gasteiger partial charge in [0.1, 0.15) is 11.5 Å². The minimum atomic E-state index is 0.0317. The third-order valence-electron chi connectivity index (χ3n) is 3.56. The van der Waals surface area contributed by atoms with E-state index in [1.807, 2.05) is 12.1 Å². The number of aromatic nitrogens is 1. The number of benzene rings is 1. The summed E-state index contributed by atoms with van der Waals surface area (Å²) in [5.74, 6) is 0.882. The number of nitrogens with zero attached hydrogens (tertiary/aromatic N) is 3. The van der Waals surface area contributed by atoms with Gasteiger partial charge in [0.25, 0.3) is 0 Å². The Labute approximate surface area is 117 Å². The fourth-order valence-electron chi connectivity index (χ4n) is 2.48. The average molecular weight is 268 g/mol. The van der Waals surface area contributed by atoms with Gasteiger partial charge in [-0.3, -0.25) is 0 Å². The van der Waals surface area contributed by atoms with Gasteiger partial charge in [-0.25, -0.2) is 4.98 Å². The lowest BCUT2D eigenvalue weighted by atomic mass is 10.00. The molecule has 0 radical (unpaired) electrons.